The van der Waals surface area contributed by atoms with Gasteiger partial charge in [-0.2, -0.15) is 5.26 Å². The second-order valence-electron chi connectivity index (χ2n) is 4.10. The third kappa shape index (κ3) is 3.86. The molecule has 0 saturated carbocycles. The fourth-order valence-corrected chi connectivity index (χ4v) is 1.94. The van der Waals surface area contributed by atoms with Crippen LogP contribution in [0.3, 0.4) is 0 Å². The van der Waals surface area contributed by atoms with Crippen LogP contribution in [0.25, 0.3) is 0 Å². The van der Waals surface area contributed by atoms with Gasteiger partial charge >= 0.3 is 0 Å². The molecule has 0 spiro atoms. The lowest BCUT2D eigenvalue weighted by Crippen LogP contribution is -2.31. The number of carbonyl (C=O) groups is 1. The lowest BCUT2D eigenvalue weighted by molar-refractivity contribution is -0.117. The maximum absolute atomic E-state index is 11.6. The first kappa shape index (κ1) is 14.2. The van der Waals surface area contributed by atoms with Gasteiger partial charge in [0.1, 0.15) is 11.6 Å². The van der Waals surface area contributed by atoms with E-state index in [4.69, 9.17) is 5.26 Å². The summed E-state index contributed by atoms with van der Waals surface area (Å²) < 4.78 is 0. The van der Waals surface area contributed by atoms with Crippen molar-refractivity contribution in [3.05, 3.63) is 22.3 Å². The van der Waals surface area contributed by atoms with Crippen LogP contribution in [0, 0.1) is 25.2 Å². The van der Waals surface area contributed by atoms with Gasteiger partial charge in [-0.25, -0.2) is 4.98 Å². The molecule has 0 bridgehead atoms. The molecule has 0 unspecified atom stereocenters. The van der Waals surface area contributed by atoms with Crippen molar-refractivity contribution in [3.63, 3.8) is 0 Å². The monoisotopic (exact) mass is 264 g/mol. The molecule has 6 heteroatoms. The number of aryl methyl sites for hydroxylation is 2. The number of carbonyl (C=O) groups excluding carboxylic acids is 1. The number of hydrogen-bond acceptors (Lipinski definition) is 5. The van der Waals surface area contributed by atoms with Crippen LogP contribution in [-0.4, -0.2) is 16.9 Å². The van der Waals surface area contributed by atoms with Crippen LogP contribution in [0.4, 0.5) is 5.13 Å². The maximum Gasteiger partial charge on any atom is 0.263 e. The molecule has 0 aliphatic rings. The van der Waals surface area contributed by atoms with E-state index < -0.39 is 0 Å². The quantitative estimate of drug-likeness (QED) is 0.645. The first-order valence-electron chi connectivity index (χ1n) is 5.55. The first-order chi connectivity index (χ1) is 8.43. The number of nitrogens with zero attached hydrogens (tertiary/aromatic N) is 2. The minimum Gasteiger partial charge on any atom is -0.349 e. The molecule has 96 valence electrons. The second-order valence-corrected chi connectivity index (χ2v) is 5.31. The highest BCUT2D eigenvalue weighted by Crippen LogP contribution is 2.21. The molecule has 0 saturated heterocycles. The predicted molar refractivity (Wildman–Crippen MR) is 72.2 cm³/mol. The number of hydrogen-bond donors (Lipinski definition) is 2. The summed E-state index contributed by atoms with van der Waals surface area (Å²) in [5.74, 6) is -0.384. The number of thiazole rings is 1. The zero-order valence-corrected chi connectivity index (χ0v) is 11.7. The maximum atomic E-state index is 11.6. The van der Waals surface area contributed by atoms with E-state index in [2.05, 4.69) is 15.6 Å². The van der Waals surface area contributed by atoms with Crippen molar-refractivity contribution in [2.75, 3.05) is 5.32 Å². The molecule has 1 aromatic heterocycles. The van der Waals surface area contributed by atoms with Gasteiger partial charge in [-0.05, 0) is 27.7 Å². The van der Waals surface area contributed by atoms with Crippen molar-refractivity contribution in [2.24, 2.45) is 0 Å². The highest BCUT2D eigenvalue weighted by Gasteiger charge is 2.10. The van der Waals surface area contributed by atoms with Crippen molar-refractivity contribution in [1.29, 1.82) is 5.26 Å². The Morgan fingerprint density at radius 1 is 1.50 bits per heavy atom. The Hall–Kier alpha value is -1.87. The Bertz CT molecular complexity index is 491. The third-order valence-electron chi connectivity index (χ3n) is 2.15. The summed E-state index contributed by atoms with van der Waals surface area (Å²) in [6.07, 6.45) is 1.38. The van der Waals surface area contributed by atoms with E-state index in [1.54, 1.807) is 0 Å². The van der Waals surface area contributed by atoms with Crippen LogP contribution in [-0.2, 0) is 4.79 Å². The van der Waals surface area contributed by atoms with Crippen LogP contribution < -0.4 is 10.6 Å². The van der Waals surface area contributed by atoms with E-state index in [1.165, 1.54) is 17.5 Å². The number of aromatic nitrogens is 1. The Labute approximate surface area is 111 Å². The van der Waals surface area contributed by atoms with Gasteiger partial charge in [0, 0.05) is 17.1 Å². The van der Waals surface area contributed by atoms with Crippen LogP contribution in [0.1, 0.15) is 24.4 Å². The standard InChI is InChI=1S/C12H16N4OS/c1-7(2)15-11(17)10(5-13)6-14-12-16-8(3)9(4)18-12/h6-7H,1-4H3,(H,14,16)(H,15,17)/b10-6-. The molecule has 0 aromatic carbocycles. The van der Waals surface area contributed by atoms with E-state index in [-0.39, 0.29) is 17.5 Å². The summed E-state index contributed by atoms with van der Waals surface area (Å²) in [7, 11) is 0. The average molecular weight is 264 g/mol. The Balaban J connectivity index is 2.75. The topological polar surface area (TPSA) is 77.8 Å². The molecule has 5 nitrogen and oxygen atoms in total. The Morgan fingerprint density at radius 2 is 2.17 bits per heavy atom. The smallest absolute Gasteiger partial charge is 0.263 e. The van der Waals surface area contributed by atoms with Gasteiger partial charge in [0.05, 0.1) is 5.69 Å². The molecule has 2 N–H and O–H groups in total. The largest absolute Gasteiger partial charge is 0.349 e. The summed E-state index contributed by atoms with van der Waals surface area (Å²) in [4.78, 5) is 17.0. The molecule has 1 heterocycles. The van der Waals surface area contributed by atoms with E-state index in [0.717, 1.165) is 10.6 Å². The van der Waals surface area contributed by atoms with Crippen LogP contribution in [0.5, 0.6) is 0 Å². The van der Waals surface area contributed by atoms with Crippen LogP contribution in [0.15, 0.2) is 11.8 Å². The first-order valence-corrected chi connectivity index (χ1v) is 6.37. The molecule has 0 atom stereocenters. The summed E-state index contributed by atoms with van der Waals surface area (Å²) in [5, 5.41) is 15.1. The Kier molecular flexibility index (Phi) is 4.86. The SMILES string of the molecule is Cc1nc(N/C=C(/C#N)C(=O)NC(C)C)sc1C. The third-order valence-corrected chi connectivity index (χ3v) is 3.16. The second kappa shape index (κ2) is 6.17. The lowest BCUT2D eigenvalue weighted by Gasteiger charge is -2.06. The van der Waals surface area contributed by atoms with Crippen LogP contribution in [0.2, 0.25) is 0 Å². The fraction of sp³-hybridized carbons (Fsp3) is 0.417. The number of nitrogens with one attached hydrogen (secondary N) is 2. The number of amides is 1. The normalized spacial score (nSPS) is 11.2. The van der Waals surface area contributed by atoms with Crippen LogP contribution >= 0.6 is 11.3 Å². The van der Waals surface area contributed by atoms with E-state index >= 15 is 0 Å². The van der Waals surface area contributed by atoms with E-state index in [0.29, 0.717) is 5.13 Å². The van der Waals surface area contributed by atoms with Gasteiger partial charge in [-0.1, -0.05) is 0 Å². The van der Waals surface area contributed by atoms with Gasteiger partial charge in [0.25, 0.3) is 5.91 Å². The zero-order chi connectivity index (χ0) is 13.7. The molecule has 1 amide bonds. The van der Waals surface area contributed by atoms with Gasteiger partial charge in [-0.15, -0.1) is 11.3 Å². The molecule has 1 aromatic rings. The summed E-state index contributed by atoms with van der Waals surface area (Å²) in [6, 6.07) is 1.86. The molecular weight excluding hydrogens is 248 g/mol. The van der Waals surface area contributed by atoms with E-state index in [1.807, 2.05) is 33.8 Å². The summed E-state index contributed by atoms with van der Waals surface area (Å²) in [6.45, 7) is 7.57. The number of rotatable bonds is 4. The highest BCUT2D eigenvalue weighted by molar-refractivity contribution is 7.15. The average Bonchev–Trinajstić information content (AvgIpc) is 2.58. The lowest BCUT2D eigenvalue weighted by atomic mass is 10.2. The number of nitriles is 1. The summed E-state index contributed by atoms with van der Waals surface area (Å²) >= 11 is 1.48. The molecule has 0 aliphatic carbocycles. The van der Waals surface area contributed by atoms with Crippen molar-refractivity contribution < 1.29 is 4.79 Å². The number of anilines is 1. The van der Waals surface area contributed by atoms with Gasteiger partial charge in [0.2, 0.25) is 0 Å². The van der Waals surface area contributed by atoms with Gasteiger partial charge < -0.3 is 10.6 Å². The molecule has 18 heavy (non-hydrogen) atoms. The fourth-order valence-electron chi connectivity index (χ4n) is 1.16. The molecule has 0 aliphatic heterocycles. The predicted octanol–water partition coefficient (Wildman–Crippen LogP) is 2.10. The van der Waals surface area contributed by atoms with Gasteiger partial charge in [-0.3, -0.25) is 4.79 Å². The van der Waals surface area contributed by atoms with Crippen molar-refractivity contribution >= 4 is 22.4 Å². The molecule has 0 radical (unpaired) electrons. The summed E-state index contributed by atoms with van der Waals surface area (Å²) in [5.41, 5.74) is 0.982. The minimum atomic E-state index is -0.384. The van der Waals surface area contributed by atoms with Gasteiger partial charge in [0.15, 0.2) is 5.13 Å². The molecule has 0 fully saturated rings. The minimum absolute atomic E-state index is 0.00129. The van der Waals surface area contributed by atoms with Crippen molar-refractivity contribution in [2.45, 2.75) is 33.7 Å². The highest BCUT2D eigenvalue weighted by atomic mass is 32.1. The van der Waals surface area contributed by atoms with Crippen molar-refractivity contribution in [3.8, 4) is 6.07 Å². The zero-order valence-electron chi connectivity index (χ0n) is 10.9. The Morgan fingerprint density at radius 3 is 2.61 bits per heavy atom. The molecular formula is C12H16N4OS. The van der Waals surface area contributed by atoms with E-state index in [9.17, 15) is 4.79 Å². The molecule has 1 rings (SSSR count). The van der Waals surface area contributed by atoms with Crippen molar-refractivity contribution in [1.82, 2.24) is 10.3 Å².